The van der Waals surface area contributed by atoms with Gasteiger partial charge in [0.05, 0.1) is 11.2 Å². The van der Waals surface area contributed by atoms with Gasteiger partial charge in [0, 0.05) is 30.4 Å². The number of rotatable bonds is 2. The zero-order valence-corrected chi connectivity index (χ0v) is 12.6. The number of hydrogen-bond donors (Lipinski definition) is 1. The van der Waals surface area contributed by atoms with Gasteiger partial charge < -0.3 is 5.73 Å². The van der Waals surface area contributed by atoms with E-state index in [0.29, 0.717) is 5.82 Å². The number of nitrogens with zero attached hydrogens (tertiary/aromatic N) is 4. The van der Waals surface area contributed by atoms with Crippen molar-refractivity contribution in [2.24, 2.45) is 7.05 Å². The Morgan fingerprint density at radius 1 is 0.957 bits per heavy atom. The molecule has 23 heavy (non-hydrogen) atoms. The summed E-state index contributed by atoms with van der Waals surface area (Å²) in [5.41, 5.74) is 10.5. The average molecular weight is 301 g/mol. The van der Waals surface area contributed by atoms with Crippen LogP contribution in [0.15, 0.2) is 60.9 Å². The van der Waals surface area contributed by atoms with Crippen LogP contribution in [0.2, 0.25) is 0 Å². The number of para-hydroxylation sites is 1. The molecule has 4 aromatic rings. The number of fused-ring (bicyclic) bond motifs is 1. The molecule has 5 heteroatoms. The quantitative estimate of drug-likeness (QED) is 0.617. The molecule has 0 spiro atoms. The number of hydrogen-bond acceptors (Lipinski definition) is 4. The lowest BCUT2D eigenvalue weighted by atomic mass is 10.0. The van der Waals surface area contributed by atoms with Gasteiger partial charge in [0.25, 0.3) is 0 Å². The van der Waals surface area contributed by atoms with Crippen LogP contribution in [-0.2, 0) is 7.05 Å². The molecule has 112 valence electrons. The molecule has 4 rings (SSSR count). The van der Waals surface area contributed by atoms with Crippen molar-refractivity contribution < 1.29 is 0 Å². The normalized spacial score (nSPS) is 11.0. The van der Waals surface area contributed by atoms with Crippen LogP contribution in [0.5, 0.6) is 0 Å². The molecule has 0 aliphatic rings. The van der Waals surface area contributed by atoms with Crippen molar-refractivity contribution in [1.82, 2.24) is 19.7 Å². The molecule has 5 nitrogen and oxygen atoms in total. The molecule has 0 amide bonds. The van der Waals surface area contributed by atoms with Gasteiger partial charge in [-0.15, -0.1) is 0 Å². The van der Waals surface area contributed by atoms with Gasteiger partial charge in [-0.05, 0) is 29.8 Å². The van der Waals surface area contributed by atoms with E-state index < -0.39 is 0 Å². The topological polar surface area (TPSA) is 69.6 Å². The minimum Gasteiger partial charge on any atom is -0.384 e. The third-order valence-corrected chi connectivity index (χ3v) is 3.78. The lowest BCUT2D eigenvalue weighted by molar-refractivity contribution is 0.770. The van der Waals surface area contributed by atoms with Gasteiger partial charge in [-0.1, -0.05) is 24.3 Å². The summed E-state index contributed by atoms with van der Waals surface area (Å²) in [6.45, 7) is 0. The Morgan fingerprint density at radius 2 is 1.83 bits per heavy atom. The summed E-state index contributed by atoms with van der Waals surface area (Å²) in [6.07, 6.45) is 3.82. The highest BCUT2D eigenvalue weighted by Gasteiger charge is 2.15. The van der Waals surface area contributed by atoms with Crippen molar-refractivity contribution in [3.05, 3.63) is 60.9 Å². The minimum absolute atomic E-state index is 0.485. The summed E-state index contributed by atoms with van der Waals surface area (Å²) >= 11 is 0. The standard InChI is InChI=1S/C18H15N5/c1-23-11-14(18(22-23)16-7-4-8-17(19)21-16)12-9-10-20-15-6-3-2-5-13(12)15/h2-11H,1H3,(H2,19,21). The molecule has 0 bridgehead atoms. The Morgan fingerprint density at radius 3 is 2.70 bits per heavy atom. The van der Waals surface area contributed by atoms with Crippen LogP contribution in [0.3, 0.4) is 0 Å². The van der Waals surface area contributed by atoms with Gasteiger partial charge >= 0.3 is 0 Å². The van der Waals surface area contributed by atoms with E-state index in [4.69, 9.17) is 5.73 Å². The fraction of sp³-hybridized carbons (Fsp3) is 0.0556. The van der Waals surface area contributed by atoms with Crippen LogP contribution in [0.1, 0.15) is 0 Å². The predicted octanol–water partition coefficient (Wildman–Crippen LogP) is 3.28. The molecule has 0 aliphatic heterocycles. The van der Waals surface area contributed by atoms with Crippen molar-refractivity contribution in [1.29, 1.82) is 0 Å². The predicted molar refractivity (Wildman–Crippen MR) is 91.6 cm³/mol. The number of nitrogen functional groups attached to an aromatic ring is 1. The minimum atomic E-state index is 0.485. The Bertz CT molecular complexity index is 998. The van der Waals surface area contributed by atoms with Crippen LogP contribution in [0, 0.1) is 0 Å². The molecule has 0 aliphatic carbocycles. The van der Waals surface area contributed by atoms with Crippen LogP contribution in [-0.4, -0.2) is 19.7 Å². The van der Waals surface area contributed by atoms with E-state index in [9.17, 15) is 0 Å². The molecule has 2 N–H and O–H groups in total. The molecule has 3 heterocycles. The Labute approximate surface area is 133 Å². The van der Waals surface area contributed by atoms with E-state index in [0.717, 1.165) is 33.4 Å². The highest BCUT2D eigenvalue weighted by atomic mass is 15.3. The summed E-state index contributed by atoms with van der Waals surface area (Å²) in [4.78, 5) is 8.84. The first kappa shape index (κ1) is 13.5. The van der Waals surface area contributed by atoms with Crippen molar-refractivity contribution >= 4 is 16.7 Å². The zero-order valence-electron chi connectivity index (χ0n) is 12.6. The number of nitrogens with two attached hydrogens (primary N) is 1. The summed E-state index contributed by atoms with van der Waals surface area (Å²) < 4.78 is 1.80. The van der Waals surface area contributed by atoms with Crippen molar-refractivity contribution in [3.8, 4) is 22.5 Å². The fourth-order valence-electron chi connectivity index (χ4n) is 2.79. The van der Waals surface area contributed by atoms with E-state index in [1.807, 2.05) is 55.8 Å². The average Bonchev–Trinajstić information content (AvgIpc) is 2.96. The van der Waals surface area contributed by atoms with Gasteiger partial charge in [0.15, 0.2) is 0 Å². The molecule has 0 atom stereocenters. The zero-order chi connectivity index (χ0) is 15.8. The highest BCUT2D eigenvalue weighted by molar-refractivity contribution is 5.97. The first-order valence-electron chi connectivity index (χ1n) is 7.33. The first-order chi connectivity index (χ1) is 11.2. The Kier molecular flexibility index (Phi) is 3.05. The second-order valence-corrected chi connectivity index (χ2v) is 5.39. The molecule has 0 saturated carbocycles. The SMILES string of the molecule is Cn1cc(-c2ccnc3ccccc23)c(-c2cccc(N)n2)n1. The van der Waals surface area contributed by atoms with E-state index in [-0.39, 0.29) is 0 Å². The van der Waals surface area contributed by atoms with Crippen LogP contribution < -0.4 is 5.73 Å². The van der Waals surface area contributed by atoms with Gasteiger partial charge in [-0.3, -0.25) is 9.67 Å². The largest absolute Gasteiger partial charge is 0.384 e. The number of pyridine rings is 2. The second-order valence-electron chi connectivity index (χ2n) is 5.39. The summed E-state index contributed by atoms with van der Waals surface area (Å²) in [7, 11) is 1.91. The monoisotopic (exact) mass is 301 g/mol. The van der Waals surface area contributed by atoms with Crippen molar-refractivity contribution in [2.75, 3.05) is 5.73 Å². The van der Waals surface area contributed by atoms with Crippen LogP contribution >= 0.6 is 0 Å². The number of anilines is 1. The van der Waals surface area contributed by atoms with Crippen molar-refractivity contribution in [2.45, 2.75) is 0 Å². The van der Waals surface area contributed by atoms with E-state index >= 15 is 0 Å². The van der Waals surface area contributed by atoms with E-state index in [1.165, 1.54) is 0 Å². The van der Waals surface area contributed by atoms with Gasteiger partial charge in [0.2, 0.25) is 0 Å². The smallest absolute Gasteiger partial charge is 0.124 e. The second kappa shape index (κ2) is 5.21. The Balaban J connectivity index is 1.99. The molecular formula is C18H15N5. The molecule has 0 unspecified atom stereocenters. The highest BCUT2D eigenvalue weighted by Crippen LogP contribution is 2.34. The number of aryl methyl sites for hydroxylation is 1. The molecule has 0 saturated heterocycles. The maximum Gasteiger partial charge on any atom is 0.124 e. The van der Waals surface area contributed by atoms with Crippen LogP contribution in [0.4, 0.5) is 5.82 Å². The van der Waals surface area contributed by atoms with Crippen molar-refractivity contribution in [3.63, 3.8) is 0 Å². The van der Waals surface area contributed by atoms with Gasteiger partial charge in [0.1, 0.15) is 11.5 Å². The fourth-order valence-corrected chi connectivity index (χ4v) is 2.79. The molecule has 3 aromatic heterocycles. The third-order valence-electron chi connectivity index (χ3n) is 3.78. The lowest BCUT2D eigenvalue weighted by Crippen LogP contribution is -1.94. The maximum absolute atomic E-state index is 5.83. The summed E-state index contributed by atoms with van der Waals surface area (Å²) in [5, 5.41) is 5.67. The van der Waals surface area contributed by atoms with Gasteiger partial charge in [-0.2, -0.15) is 5.10 Å². The van der Waals surface area contributed by atoms with Crippen LogP contribution in [0.25, 0.3) is 33.4 Å². The molecule has 1 aromatic carbocycles. The summed E-state index contributed by atoms with van der Waals surface area (Å²) in [6, 6.07) is 15.7. The van der Waals surface area contributed by atoms with E-state index in [2.05, 4.69) is 21.1 Å². The maximum atomic E-state index is 5.83. The van der Waals surface area contributed by atoms with E-state index in [1.54, 1.807) is 10.7 Å². The lowest BCUT2D eigenvalue weighted by Gasteiger charge is -2.06. The Hall–Kier alpha value is -3.21. The number of aromatic nitrogens is 4. The molecule has 0 radical (unpaired) electrons. The van der Waals surface area contributed by atoms with Gasteiger partial charge in [-0.25, -0.2) is 4.98 Å². The third kappa shape index (κ3) is 2.32. The summed E-state index contributed by atoms with van der Waals surface area (Å²) in [5.74, 6) is 0.485. The molecular weight excluding hydrogens is 286 g/mol. The molecule has 0 fully saturated rings. The number of benzene rings is 1. The first-order valence-corrected chi connectivity index (χ1v) is 7.33.